The predicted octanol–water partition coefficient (Wildman–Crippen LogP) is 12.1. The number of unbranched alkanes of at least 4 members (excludes halogenated alkanes) is 30. The van der Waals surface area contributed by atoms with Gasteiger partial charge in [-0.3, -0.25) is 14.1 Å². The van der Waals surface area contributed by atoms with Gasteiger partial charge in [0, 0.05) is 0 Å². The average Bonchev–Trinajstić information content (AvgIpc) is 3.05. The third kappa shape index (κ3) is 37.7. The van der Waals surface area contributed by atoms with E-state index in [4.69, 9.17) is 9.47 Å². The van der Waals surface area contributed by atoms with E-state index in [1.807, 2.05) is 0 Å². The van der Waals surface area contributed by atoms with Crippen molar-refractivity contribution in [1.82, 2.24) is 0 Å². The van der Waals surface area contributed by atoms with Crippen molar-refractivity contribution in [2.75, 3.05) is 13.2 Å². The molecule has 0 aromatic rings. The van der Waals surface area contributed by atoms with Gasteiger partial charge in [-0.25, -0.2) is 0 Å². The molecule has 0 amide bonds. The summed E-state index contributed by atoms with van der Waals surface area (Å²) in [4.78, 5) is 24.5. The van der Waals surface area contributed by atoms with Gasteiger partial charge < -0.3 is 12.3 Å². The molecule has 0 fully saturated rings. The first-order chi connectivity index (χ1) is 23.3. The maximum atomic E-state index is 12.3. The molecule has 290 valence electrons. The molecule has 49 heavy (non-hydrogen) atoms. The topological polar surface area (TPSA) is 107 Å². The molecule has 1 atom stereocenters. The summed E-state index contributed by atoms with van der Waals surface area (Å²) >= 11 is 0. The number of esters is 2. The van der Waals surface area contributed by atoms with Gasteiger partial charge in [0.2, 0.25) is 0 Å². The van der Waals surface area contributed by atoms with Gasteiger partial charge in [-0.2, -0.15) is 8.42 Å². The molecule has 0 aliphatic carbocycles. The van der Waals surface area contributed by atoms with Crippen molar-refractivity contribution in [1.29, 1.82) is 0 Å². The Morgan fingerprint density at radius 1 is 0.469 bits per heavy atom. The van der Waals surface area contributed by atoms with Crippen LogP contribution in [0.5, 0.6) is 0 Å². The molecule has 1 unspecified atom stereocenters. The van der Waals surface area contributed by atoms with Gasteiger partial charge in [-0.15, -0.1) is 0 Å². The van der Waals surface area contributed by atoms with E-state index in [1.54, 1.807) is 0 Å². The predicted molar refractivity (Wildman–Crippen MR) is 209 cm³/mol. The zero-order valence-electron chi connectivity index (χ0n) is 34.3. The number of carbonyl (C=O) groups is 2. The fourth-order valence-electron chi connectivity index (χ4n) is 6.27. The first-order valence-electron chi connectivity index (χ1n) is 20.6. The zero-order valence-corrected chi connectivity index (χ0v) is 35.4. The van der Waals surface area contributed by atoms with Crippen LogP contribution < -0.4 is 0 Å². The molecular formula is C40H80CaO7S. The number of hydrogen-bond acceptors (Lipinski definition) is 6. The Balaban J connectivity index is -0.00000368. The molecule has 0 aliphatic rings. The normalized spacial score (nSPS) is 12.1. The molecule has 0 aromatic heterocycles. The van der Waals surface area contributed by atoms with E-state index in [0.717, 1.165) is 32.1 Å². The summed E-state index contributed by atoms with van der Waals surface area (Å²) in [6.07, 6.45) is 39.0. The Labute approximate surface area is 336 Å². The maximum absolute atomic E-state index is 12.3. The molecular weight excluding hydrogens is 665 g/mol. The Bertz CT molecular complexity index is 834. The Morgan fingerprint density at radius 2 is 0.714 bits per heavy atom. The maximum Gasteiger partial charge on any atom is 2.00 e. The molecule has 0 saturated carbocycles. The van der Waals surface area contributed by atoms with E-state index >= 15 is 0 Å². The van der Waals surface area contributed by atoms with Crippen LogP contribution in [0.1, 0.15) is 229 Å². The quantitative estimate of drug-likeness (QED) is 0.0290. The molecule has 1 N–H and O–H groups in total. The van der Waals surface area contributed by atoms with E-state index in [9.17, 15) is 22.6 Å². The van der Waals surface area contributed by atoms with E-state index in [1.165, 1.54) is 161 Å². The monoisotopic (exact) mass is 745 g/mol. The van der Waals surface area contributed by atoms with Gasteiger partial charge >= 0.3 is 49.7 Å². The third-order valence-corrected chi connectivity index (χ3v) is 10.6. The molecule has 9 heteroatoms. The van der Waals surface area contributed by atoms with Gasteiger partial charge in [-0.05, 0) is 12.8 Å². The second-order valence-electron chi connectivity index (χ2n) is 14.2. The minimum atomic E-state index is -4.77. The molecule has 0 bridgehead atoms. The summed E-state index contributed by atoms with van der Waals surface area (Å²) in [6, 6.07) is 0. The smallest absolute Gasteiger partial charge is 1.00 e. The summed E-state index contributed by atoms with van der Waals surface area (Å²) in [5.41, 5.74) is 0. The standard InChI is InChI=1S/C40H78O7S.Ca.2H/c1-3-5-7-9-11-13-15-17-19-21-23-25-27-29-31-33-35-46-39(41)37-38(48(43,44)45)40(42)47-36-34-32-30-28-26-24-22-20-18-16-14-12-10-8-6-4-2;;;/h38H,3-37H2,1-2H3,(H,43,44,45);;;/q;+2;2*-1. The molecule has 0 aromatic carbocycles. The summed E-state index contributed by atoms with van der Waals surface area (Å²) < 4.78 is 43.3. The molecule has 7 nitrogen and oxygen atoms in total. The van der Waals surface area contributed by atoms with Crippen molar-refractivity contribution in [2.24, 2.45) is 0 Å². The van der Waals surface area contributed by atoms with Gasteiger partial charge in [0.15, 0.2) is 5.25 Å². The number of carbonyl (C=O) groups excluding carboxylic acids is 2. The van der Waals surface area contributed by atoms with Crippen molar-refractivity contribution < 1.29 is 34.9 Å². The second-order valence-corrected chi connectivity index (χ2v) is 15.8. The van der Waals surface area contributed by atoms with Crippen LogP contribution in [0.4, 0.5) is 0 Å². The van der Waals surface area contributed by atoms with Crippen LogP contribution in [-0.4, -0.2) is 81.1 Å². The first-order valence-corrected chi connectivity index (χ1v) is 22.1. The van der Waals surface area contributed by atoms with Crippen LogP contribution in [0.2, 0.25) is 0 Å². The SMILES string of the molecule is CCCCCCCCCCCCCCCCCCOC(=O)CC(C(=O)OCCCCCCCCCCCCCCCCCC)S(=O)(=O)O.[Ca+2].[H-].[H-]. The van der Waals surface area contributed by atoms with Gasteiger partial charge in [-0.1, -0.05) is 206 Å². The minimum absolute atomic E-state index is 0. The fraction of sp³-hybridized carbons (Fsp3) is 0.950. The van der Waals surface area contributed by atoms with Crippen LogP contribution in [0.15, 0.2) is 0 Å². The van der Waals surface area contributed by atoms with Gasteiger partial charge in [0.1, 0.15) is 0 Å². The van der Waals surface area contributed by atoms with Crippen molar-refractivity contribution in [2.45, 2.75) is 231 Å². The summed E-state index contributed by atoms with van der Waals surface area (Å²) in [5.74, 6) is -1.89. The minimum Gasteiger partial charge on any atom is -1.00 e. The van der Waals surface area contributed by atoms with Gasteiger partial charge in [0.05, 0.1) is 19.6 Å². The number of hydrogen-bond donors (Lipinski definition) is 1. The molecule has 0 rings (SSSR count). The fourth-order valence-corrected chi connectivity index (χ4v) is 6.93. The van der Waals surface area contributed by atoms with E-state index < -0.39 is 33.7 Å². The van der Waals surface area contributed by atoms with Gasteiger partial charge in [0.25, 0.3) is 10.1 Å². The summed E-state index contributed by atoms with van der Waals surface area (Å²) in [7, 11) is -4.77. The zero-order chi connectivity index (χ0) is 35.4. The van der Waals surface area contributed by atoms with Crippen molar-refractivity contribution in [3.05, 3.63) is 0 Å². The third-order valence-electron chi connectivity index (χ3n) is 9.48. The van der Waals surface area contributed by atoms with E-state index in [0.29, 0.717) is 12.8 Å². The van der Waals surface area contributed by atoms with Crippen LogP contribution >= 0.6 is 0 Å². The Hall–Kier alpha value is 0.110. The van der Waals surface area contributed by atoms with Crippen LogP contribution in [0, 0.1) is 0 Å². The van der Waals surface area contributed by atoms with Crippen LogP contribution in [0.25, 0.3) is 0 Å². The first kappa shape index (κ1) is 51.2. The van der Waals surface area contributed by atoms with Crippen molar-refractivity contribution in [3.63, 3.8) is 0 Å². The van der Waals surface area contributed by atoms with Crippen molar-refractivity contribution in [3.8, 4) is 0 Å². The summed E-state index contributed by atoms with van der Waals surface area (Å²) in [5, 5.41) is -1.93. The number of ether oxygens (including phenoxy) is 2. The van der Waals surface area contributed by atoms with Crippen LogP contribution in [-0.2, 0) is 29.2 Å². The second kappa shape index (κ2) is 39.3. The van der Waals surface area contributed by atoms with Crippen molar-refractivity contribution >= 4 is 59.8 Å². The molecule has 0 aliphatic heterocycles. The van der Waals surface area contributed by atoms with E-state index in [2.05, 4.69) is 13.8 Å². The molecule has 0 radical (unpaired) electrons. The molecule has 0 heterocycles. The Kier molecular flexibility index (Phi) is 41.1. The summed E-state index contributed by atoms with van der Waals surface area (Å²) in [6.45, 7) is 4.78. The molecule has 0 spiro atoms. The molecule has 0 saturated heterocycles. The van der Waals surface area contributed by atoms with Crippen LogP contribution in [0.3, 0.4) is 0 Å². The largest absolute Gasteiger partial charge is 2.00 e. The Morgan fingerprint density at radius 3 is 0.980 bits per heavy atom. The average molecular weight is 745 g/mol. The van der Waals surface area contributed by atoms with E-state index in [-0.39, 0.29) is 53.8 Å². The number of rotatable bonds is 38.